The number of nitro benzene ring substituents is 1. The van der Waals surface area contributed by atoms with Crippen LogP contribution in [0.1, 0.15) is 81.0 Å². The van der Waals surface area contributed by atoms with E-state index in [2.05, 4.69) is 29.8 Å². The number of fused-ring (bicyclic) bond motifs is 1. The van der Waals surface area contributed by atoms with Gasteiger partial charge in [0.15, 0.2) is 0 Å². The van der Waals surface area contributed by atoms with Crippen LogP contribution in [-0.4, -0.2) is 93.0 Å². The highest BCUT2D eigenvalue weighted by atomic mass is 32.2. The first-order valence-corrected chi connectivity index (χ1v) is 23.7. The number of hydrogen-bond acceptors (Lipinski definition) is 11. The maximum Gasteiger partial charge on any atom is 0.293 e. The second-order valence-corrected chi connectivity index (χ2v) is 20.7. The Morgan fingerprint density at radius 2 is 1.81 bits per heavy atom. The van der Waals surface area contributed by atoms with Crippen molar-refractivity contribution in [2.45, 2.75) is 81.9 Å². The van der Waals surface area contributed by atoms with Crippen molar-refractivity contribution in [1.29, 1.82) is 0 Å². The summed E-state index contributed by atoms with van der Waals surface area (Å²) in [5.41, 5.74) is 3.77. The smallest absolute Gasteiger partial charge is 0.293 e. The summed E-state index contributed by atoms with van der Waals surface area (Å²) in [4.78, 5) is 37.1. The molecule has 2 bridgehead atoms. The number of alkyl halides is 2. The zero-order valence-corrected chi connectivity index (χ0v) is 36.0. The van der Waals surface area contributed by atoms with Gasteiger partial charge in [0.2, 0.25) is 6.43 Å². The van der Waals surface area contributed by atoms with Gasteiger partial charge in [0.1, 0.15) is 22.8 Å². The second-order valence-electron chi connectivity index (χ2n) is 19.0. The number of nitrogens with one attached hydrogen (secondary N) is 3. The molecule has 0 unspecified atom stereocenters. The van der Waals surface area contributed by atoms with Crippen molar-refractivity contribution in [1.82, 2.24) is 19.6 Å². The van der Waals surface area contributed by atoms with Crippen LogP contribution in [-0.2, 0) is 14.8 Å². The fourth-order valence-corrected chi connectivity index (χ4v) is 12.3. The molecule has 2 aromatic heterocycles. The van der Waals surface area contributed by atoms with E-state index < -0.39 is 43.3 Å². The number of piperazine rings is 1. The third-order valence-corrected chi connectivity index (χ3v) is 16.4. The van der Waals surface area contributed by atoms with Crippen LogP contribution in [0.2, 0.25) is 0 Å². The SMILES string of the molecule is O=C(NS(=O)(=O)c1ccc(NCC2CCOCC2)c([N+](=O)[O-])c1)c1ccc(N2CCN(CC3=C(C45CC(C(F)F)(C4)C5)CC4(CCC4)CC3)CC2)cc1Oc1cnc2[nH]ccc2c1. The van der Waals surface area contributed by atoms with Crippen molar-refractivity contribution in [2.24, 2.45) is 22.2 Å². The zero-order chi connectivity index (χ0) is 43.6. The van der Waals surface area contributed by atoms with E-state index in [-0.39, 0.29) is 28.3 Å². The van der Waals surface area contributed by atoms with Crippen LogP contribution >= 0.6 is 0 Å². The fraction of sp³-hybridized carbons (Fsp3) is 0.522. The lowest BCUT2D eigenvalue weighted by Gasteiger charge is -2.72. The van der Waals surface area contributed by atoms with Gasteiger partial charge in [-0.15, -0.1) is 0 Å². The number of hydrogen-bond donors (Lipinski definition) is 3. The summed E-state index contributed by atoms with van der Waals surface area (Å²) in [6.45, 7) is 5.54. The number of allylic oxidation sites excluding steroid dienone is 1. The minimum Gasteiger partial charge on any atom is -0.455 e. The second kappa shape index (κ2) is 16.1. The van der Waals surface area contributed by atoms with Crippen molar-refractivity contribution in [3.8, 4) is 11.5 Å². The number of nitrogens with zero attached hydrogens (tertiary/aromatic N) is 4. The molecule has 4 heterocycles. The number of aromatic nitrogens is 2. The molecule has 5 aliphatic carbocycles. The lowest BCUT2D eigenvalue weighted by atomic mass is 9.31. The first-order valence-electron chi connectivity index (χ1n) is 22.2. The number of halogens is 2. The van der Waals surface area contributed by atoms with E-state index in [1.165, 1.54) is 61.2 Å². The normalized spacial score (nSPS) is 24.8. The number of sulfonamides is 1. The Balaban J connectivity index is 0.855. The average molecular weight is 886 g/mol. The van der Waals surface area contributed by atoms with E-state index >= 15 is 0 Å². The fourth-order valence-electron chi connectivity index (χ4n) is 11.4. The standard InChI is InChI=1S/C46H53F2N7O7S/c47-43(48)46-27-45(28-46,29-46)37-23-44(10-1-11-44)12-6-32(37)26-53-14-16-54(17-15-53)33-2-4-36(40(21-33)62-34-20-31-7-13-49-41(31)51-25-34)42(56)52-63(59,60)35-3-5-38(39(22-35)55(57)58)50-24-30-8-18-61-19-9-30/h2-5,7,13,20-22,25,30,43,50H,1,6,8-12,14-19,23-24,26-29H2,(H,49,51)(H,52,56). The number of anilines is 2. The third-order valence-electron chi connectivity index (χ3n) is 15.1. The number of aromatic amines is 1. The van der Waals surface area contributed by atoms with Crippen LogP contribution in [0.5, 0.6) is 11.5 Å². The van der Waals surface area contributed by atoms with Crippen LogP contribution in [0, 0.1) is 32.3 Å². The van der Waals surface area contributed by atoms with Crippen LogP contribution < -0.4 is 19.7 Å². The minimum absolute atomic E-state index is 0.00778. The molecule has 6 fully saturated rings. The first-order chi connectivity index (χ1) is 30.3. The monoisotopic (exact) mass is 885 g/mol. The molecule has 1 spiro atoms. The lowest BCUT2D eigenvalue weighted by Crippen LogP contribution is -2.66. The Bertz CT molecular complexity index is 2560. The van der Waals surface area contributed by atoms with E-state index in [0.29, 0.717) is 68.9 Å². The largest absolute Gasteiger partial charge is 0.455 e. The van der Waals surface area contributed by atoms with E-state index in [9.17, 15) is 32.1 Å². The van der Waals surface area contributed by atoms with Crippen molar-refractivity contribution in [3.05, 3.63) is 87.7 Å². The summed E-state index contributed by atoms with van der Waals surface area (Å²) < 4.78 is 69.0. The molecule has 2 aliphatic heterocycles. The quantitative estimate of drug-likeness (QED) is 0.0631. The van der Waals surface area contributed by atoms with E-state index in [1.807, 2.05) is 6.07 Å². The highest BCUT2D eigenvalue weighted by Gasteiger charge is 2.73. The van der Waals surface area contributed by atoms with Gasteiger partial charge in [-0.05, 0) is 117 Å². The van der Waals surface area contributed by atoms with E-state index in [4.69, 9.17) is 9.47 Å². The lowest BCUT2D eigenvalue weighted by molar-refractivity contribution is -0.384. The minimum atomic E-state index is -4.57. The Morgan fingerprint density at radius 1 is 1.03 bits per heavy atom. The van der Waals surface area contributed by atoms with Crippen LogP contribution in [0.4, 0.5) is 25.8 Å². The molecule has 0 atom stereocenters. The molecule has 1 amide bonds. The number of pyridine rings is 1. The molecular weight excluding hydrogens is 833 g/mol. The number of benzene rings is 2. The van der Waals surface area contributed by atoms with Gasteiger partial charge in [-0.2, -0.15) is 0 Å². The van der Waals surface area contributed by atoms with Gasteiger partial charge in [-0.1, -0.05) is 17.6 Å². The predicted octanol–water partition coefficient (Wildman–Crippen LogP) is 8.43. The topological polar surface area (TPSA) is 172 Å². The van der Waals surface area contributed by atoms with Gasteiger partial charge in [-0.25, -0.2) is 26.9 Å². The van der Waals surface area contributed by atoms with E-state index in [1.54, 1.807) is 24.4 Å². The van der Waals surface area contributed by atoms with Crippen LogP contribution in [0.15, 0.2) is 77.0 Å². The number of carbonyl (C=O) groups excluding carboxylic acids is 1. The Hall–Kier alpha value is -5.13. The van der Waals surface area contributed by atoms with Crippen molar-refractivity contribution in [2.75, 3.05) is 62.7 Å². The summed E-state index contributed by atoms with van der Waals surface area (Å²) in [5, 5.41) is 16.0. The summed E-state index contributed by atoms with van der Waals surface area (Å²) in [6, 6.07) is 12.2. The van der Waals surface area contributed by atoms with Crippen molar-refractivity contribution < 1.29 is 36.4 Å². The highest BCUT2D eigenvalue weighted by molar-refractivity contribution is 7.90. The number of nitro groups is 1. The van der Waals surface area contributed by atoms with Crippen molar-refractivity contribution in [3.63, 3.8) is 0 Å². The molecule has 2 saturated heterocycles. The molecule has 4 aromatic rings. The van der Waals surface area contributed by atoms with Crippen LogP contribution in [0.25, 0.3) is 11.0 Å². The first kappa shape index (κ1) is 41.9. The number of amides is 1. The molecule has 11 rings (SSSR count). The zero-order valence-electron chi connectivity index (χ0n) is 35.2. The van der Waals surface area contributed by atoms with E-state index in [0.717, 1.165) is 62.5 Å². The van der Waals surface area contributed by atoms with Gasteiger partial charge >= 0.3 is 0 Å². The molecule has 4 saturated carbocycles. The maximum atomic E-state index is 13.9. The molecule has 2 aromatic carbocycles. The van der Waals surface area contributed by atoms with Gasteiger partial charge in [0.05, 0.1) is 21.6 Å². The molecule has 0 radical (unpaired) electrons. The Morgan fingerprint density at radius 3 is 2.52 bits per heavy atom. The van der Waals surface area contributed by atoms with Gasteiger partial charge < -0.3 is 24.7 Å². The van der Waals surface area contributed by atoms with Crippen LogP contribution in [0.3, 0.4) is 0 Å². The summed E-state index contributed by atoms with van der Waals surface area (Å²) in [5.74, 6) is -0.254. The maximum absolute atomic E-state index is 13.9. The van der Waals surface area contributed by atoms with Crippen molar-refractivity contribution >= 4 is 44.0 Å². The van der Waals surface area contributed by atoms with Gasteiger partial charge in [0, 0.05) is 87.3 Å². The third kappa shape index (κ3) is 7.94. The molecule has 17 heteroatoms. The Labute approximate surface area is 365 Å². The highest BCUT2D eigenvalue weighted by Crippen LogP contribution is 2.80. The molecule has 14 nitrogen and oxygen atoms in total. The summed E-state index contributed by atoms with van der Waals surface area (Å²) >= 11 is 0. The number of carbonyl (C=O) groups is 1. The molecular formula is C46H53F2N7O7S. The molecule has 3 N–H and O–H groups in total. The molecule has 63 heavy (non-hydrogen) atoms. The number of H-pyrrole nitrogens is 1. The number of rotatable bonds is 14. The predicted molar refractivity (Wildman–Crippen MR) is 233 cm³/mol. The van der Waals surface area contributed by atoms with Gasteiger partial charge in [0.25, 0.3) is 21.6 Å². The molecule has 7 aliphatic rings. The van der Waals surface area contributed by atoms with Gasteiger partial charge in [-0.3, -0.25) is 19.8 Å². The summed E-state index contributed by atoms with van der Waals surface area (Å²) in [6.07, 6.45) is 11.7. The average Bonchev–Trinajstić information content (AvgIpc) is 3.70. The molecule has 334 valence electrons. The summed E-state index contributed by atoms with van der Waals surface area (Å²) in [7, 11) is -4.57. The Kier molecular flexibility index (Phi) is 10.7. The number of ether oxygens (including phenoxy) is 2.